The van der Waals surface area contributed by atoms with Crippen LogP contribution >= 0.6 is 12.2 Å². The zero-order valence-electron chi connectivity index (χ0n) is 16.9. The second kappa shape index (κ2) is 9.54. The van der Waals surface area contributed by atoms with E-state index < -0.39 is 0 Å². The monoisotopic (exact) mass is 377 g/mol. The highest BCUT2D eigenvalue weighted by molar-refractivity contribution is 7.80. The van der Waals surface area contributed by atoms with Crippen molar-refractivity contribution in [1.82, 2.24) is 15.1 Å². The van der Waals surface area contributed by atoms with E-state index in [4.69, 9.17) is 12.2 Å². The molecule has 0 unspecified atom stereocenters. The van der Waals surface area contributed by atoms with Crippen LogP contribution < -0.4 is 5.32 Å². The first kappa shape index (κ1) is 20.9. The van der Waals surface area contributed by atoms with Gasteiger partial charge < -0.3 is 15.1 Å². The molecule has 0 aromatic heterocycles. The van der Waals surface area contributed by atoms with Crippen LogP contribution in [0, 0.1) is 5.41 Å². The van der Waals surface area contributed by atoms with E-state index in [0.29, 0.717) is 0 Å². The first-order chi connectivity index (χ1) is 12.3. The number of nitrogens with zero attached hydrogens (tertiary/aromatic N) is 2. The molecule has 0 saturated carbocycles. The third-order valence-electron chi connectivity index (χ3n) is 5.56. The highest BCUT2D eigenvalue weighted by atomic mass is 32.1. The highest BCUT2D eigenvalue weighted by Gasteiger charge is 2.27. The van der Waals surface area contributed by atoms with Gasteiger partial charge in [-0.05, 0) is 62.2 Å². The molecular weight excluding hydrogens is 342 g/mol. The molecule has 1 N–H and O–H groups in total. The lowest BCUT2D eigenvalue weighted by molar-refractivity contribution is -0.125. The molecule has 1 heterocycles. The van der Waals surface area contributed by atoms with E-state index >= 15 is 0 Å². The van der Waals surface area contributed by atoms with Crippen molar-refractivity contribution in [2.45, 2.75) is 59.8 Å². The van der Waals surface area contributed by atoms with Crippen molar-refractivity contribution in [2.24, 2.45) is 5.41 Å². The maximum Gasteiger partial charge on any atom is 0.246 e. The van der Waals surface area contributed by atoms with Crippen LogP contribution in [0.15, 0.2) is 23.3 Å². The number of hydrogen-bond acceptors (Lipinski definition) is 2. The van der Waals surface area contributed by atoms with Gasteiger partial charge in [-0.1, -0.05) is 32.4 Å². The number of allylic oxidation sites excluding steroid dienone is 3. The Bertz CT molecular complexity index is 580. The van der Waals surface area contributed by atoms with E-state index in [1.54, 1.807) is 6.08 Å². The minimum absolute atomic E-state index is 0.126. The Morgan fingerprint density at radius 3 is 2.58 bits per heavy atom. The summed E-state index contributed by atoms with van der Waals surface area (Å²) in [5.41, 5.74) is 2.95. The summed E-state index contributed by atoms with van der Waals surface area (Å²) in [6.45, 7) is 13.1. The number of hydrogen-bond donors (Lipinski definition) is 1. The molecule has 1 fully saturated rings. The summed E-state index contributed by atoms with van der Waals surface area (Å²) in [6, 6.07) is 0. The van der Waals surface area contributed by atoms with Crippen molar-refractivity contribution in [3.8, 4) is 0 Å². The quantitative estimate of drug-likeness (QED) is 0.596. The van der Waals surface area contributed by atoms with Crippen LogP contribution in [-0.2, 0) is 4.79 Å². The van der Waals surface area contributed by atoms with E-state index in [-0.39, 0.29) is 11.3 Å². The van der Waals surface area contributed by atoms with Crippen molar-refractivity contribution < 1.29 is 4.79 Å². The molecule has 2 rings (SSSR count). The average molecular weight is 378 g/mol. The van der Waals surface area contributed by atoms with Gasteiger partial charge in [-0.3, -0.25) is 4.79 Å². The van der Waals surface area contributed by atoms with Crippen molar-refractivity contribution >= 4 is 23.2 Å². The maximum atomic E-state index is 12.7. The molecule has 26 heavy (non-hydrogen) atoms. The van der Waals surface area contributed by atoms with Gasteiger partial charge in [0.15, 0.2) is 5.11 Å². The summed E-state index contributed by atoms with van der Waals surface area (Å²) < 4.78 is 0. The third kappa shape index (κ3) is 5.57. The smallest absolute Gasteiger partial charge is 0.246 e. The Morgan fingerprint density at radius 1 is 1.19 bits per heavy atom. The van der Waals surface area contributed by atoms with Gasteiger partial charge in [0, 0.05) is 38.8 Å². The van der Waals surface area contributed by atoms with Crippen LogP contribution in [0.1, 0.15) is 59.8 Å². The number of rotatable bonds is 4. The molecule has 1 saturated heterocycles. The van der Waals surface area contributed by atoms with Gasteiger partial charge in [-0.15, -0.1) is 0 Å². The Hall–Kier alpha value is -1.36. The Labute approximate surface area is 164 Å². The van der Waals surface area contributed by atoms with Gasteiger partial charge in [0.1, 0.15) is 0 Å². The lowest BCUT2D eigenvalue weighted by Gasteiger charge is -2.33. The van der Waals surface area contributed by atoms with Crippen molar-refractivity contribution in [3.63, 3.8) is 0 Å². The SMILES string of the molecule is CCCNC(=S)N1CCCN(C(=O)C=CC2=C(C)CCCC2(C)C)CC1. The van der Waals surface area contributed by atoms with Crippen molar-refractivity contribution in [1.29, 1.82) is 0 Å². The number of nitrogens with one attached hydrogen (secondary N) is 1. The van der Waals surface area contributed by atoms with Crippen LogP contribution in [0.25, 0.3) is 0 Å². The molecule has 146 valence electrons. The van der Waals surface area contributed by atoms with Crippen LogP contribution in [0.3, 0.4) is 0 Å². The summed E-state index contributed by atoms with van der Waals surface area (Å²) in [5, 5.41) is 4.11. The van der Waals surface area contributed by atoms with E-state index in [0.717, 1.165) is 57.1 Å². The second-order valence-corrected chi connectivity index (χ2v) is 8.55. The Kier molecular flexibility index (Phi) is 7.69. The summed E-state index contributed by atoms with van der Waals surface area (Å²) in [7, 11) is 0. The van der Waals surface area contributed by atoms with Crippen LogP contribution in [0.2, 0.25) is 0 Å². The normalized spacial score (nSPS) is 21.1. The molecule has 1 aliphatic heterocycles. The lowest BCUT2D eigenvalue weighted by atomic mass is 9.72. The predicted octanol–water partition coefficient (Wildman–Crippen LogP) is 3.89. The molecule has 0 aromatic carbocycles. The molecule has 0 bridgehead atoms. The lowest BCUT2D eigenvalue weighted by Crippen LogP contribution is -2.42. The molecule has 2 aliphatic rings. The van der Waals surface area contributed by atoms with Crippen LogP contribution in [0.5, 0.6) is 0 Å². The van der Waals surface area contributed by atoms with Crippen molar-refractivity contribution in [2.75, 3.05) is 32.7 Å². The number of carbonyl (C=O) groups excluding carboxylic acids is 1. The number of thiocarbonyl (C=S) groups is 1. The third-order valence-corrected chi connectivity index (χ3v) is 5.96. The van der Waals surface area contributed by atoms with Gasteiger partial charge in [-0.2, -0.15) is 0 Å². The molecule has 1 amide bonds. The molecule has 5 heteroatoms. The molecule has 0 spiro atoms. The second-order valence-electron chi connectivity index (χ2n) is 8.16. The zero-order valence-corrected chi connectivity index (χ0v) is 17.8. The fraction of sp³-hybridized carbons (Fsp3) is 0.714. The first-order valence-corrected chi connectivity index (χ1v) is 10.5. The molecule has 0 radical (unpaired) electrons. The van der Waals surface area contributed by atoms with Gasteiger partial charge in [0.2, 0.25) is 5.91 Å². The van der Waals surface area contributed by atoms with Gasteiger partial charge in [0.05, 0.1) is 0 Å². The Balaban J connectivity index is 1.95. The molecule has 1 aliphatic carbocycles. The molecular formula is C21H35N3OS. The van der Waals surface area contributed by atoms with E-state index in [9.17, 15) is 4.79 Å². The van der Waals surface area contributed by atoms with Gasteiger partial charge >= 0.3 is 0 Å². The summed E-state index contributed by atoms with van der Waals surface area (Å²) >= 11 is 5.47. The van der Waals surface area contributed by atoms with Crippen molar-refractivity contribution in [3.05, 3.63) is 23.3 Å². The van der Waals surface area contributed by atoms with Crippen LogP contribution in [-0.4, -0.2) is 53.5 Å². The van der Waals surface area contributed by atoms with E-state index in [2.05, 4.69) is 44.0 Å². The molecule has 0 aromatic rings. The summed E-state index contributed by atoms with van der Waals surface area (Å²) in [6.07, 6.45) is 9.48. The zero-order chi connectivity index (χ0) is 19.2. The first-order valence-electron chi connectivity index (χ1n) is 10.0. The summed E-state index contributed by atoms with van der Waals surface area (Å²) in [4.78, 5) is 16.9. The van der Waals surface area contributed by atoms with Gasteiger partial charge in [0.25, 0.3) is 0 Å². The van der Waals surface area contributed by atoms with Gasteiger partial charge in [-0.25, -0.2) is 0 Å². The van der Waals surface area contributed by atoms with E-state index in [1.165, 1.54) is 24.0 Å². The fourth-order valence-corrected chi connectivity index (χ4v) is 4.24. The topological polar surface area (TPSA) is 35.6 Å². The maximum absolute atomic E-state index is 12.7. The molecule has 0 atom stereocenters. The number of amides is 1. The minimum Gasteiger partial charge on any atom is -0.363 e. The molecule has 4 nitrogen and oxygen atoms in total. The number of carbonyl (C=O) groups is 1. The highest BCUT2D eigenvalue weighted by Crippen LogP contribution is 2.40. The standard InChI is InChI=1S/C21H35N3OS/c1-5-12-22-20(26)24-14-7-13-23(15-16-24)19(25)10-9-18-17(2)8-6-11-21(18,3)4/h9-10H,5-8,11-16H2,1-4H3,(H,22,26). The fourth-order valence-electron chi connectivity index (χ4n) is 3.96. The predicted molar refractivity (Wildman–Crippen MR) is 113 cm³/mol. The minimum atomic E-state index is 0.126. The van der Waals surface area contributed by atoms with Crippen LogP contribution in [0.4, 0.5) is 0 Å². The van der Waals surface area contributed by atoms with E-state index in [1.807, 2.05) is 4.90 Å². The largest absolute Gasteiger partial charge is 0.363 e. The Morgan fingerprint density at radius 2 is 1.88 bits per heavy atom. The summed E-state index contributed by atoms with van der Waals surface area (Å²) in [5.74, 6) is 0.126. The average Bonchev–Trinajstić information content (AvgIpc) is 2.84.